The lowest BCUT2D eigenvalue weighted by atomic mass is 10.2. The Balaban J connectivity index is 2.80. The van der Waals surface area contributed by atoms with Gasteiger partial charge in [0.25, 0.3) is 0 Å². The second-order valence-electron chi connectivity index (χ2n) is 2.74. The van der Waals surface area contributed by atoms with E-state index in [1.54, 1.807) is 18.2 Å². The van der Waals surface area contributed by atoms with Crippen molar-refractivity contribution in [1.29, 1.82) is 0 Å². The molecule has 0 bridgehead atoms. The van der Waals surface area contributed by atoms with Crippen LogP contribution in [0.25, 0.3) is 16.5 Å². The zero-order valence-electron chi connectivity index (χ0n) is 8.22. The summed E-state index contributed by atoms with van der Waals surface area (Å²) < 4.78 is 17.9. The van der Waals surface area contributed by atoms with E-state index in [4.69, 9.17) is 10.3 Å². The maximum Gasteiger partial charge on any atom is 0.127 e. The predicted molar refractivity (Wildman–Crippen MR) is 56.0 cm³/mol. The van der Waals surface area contributed by atoms with Gasteiger partial charge < -0.3 is 4.74 Å². The number of hydrogen-bond donors (Lipinski definition) is 0. The molecule has 0 heterocycles. The van der Waals surface area contributed by atoms with Gasteiger partial charge in [0.1, 0.15) is 11.6 Å². The first-order chi connectivity index (χ1) is 7.26. The maximum atomic E-state index is 13.0. The number of hydrogen-bond acceptors (Lipinski definition) is 2. The summed E-state index contributed by atoms with van der Waals surface area (Å²) in [4.78, 5) is 2.59. The second kappa shape index (κ2) is 5.67. The molecule has 0 atom stereocenters. The summed E-state index contributed by atoms with van der Waals surface area (Å²) in [5, 5.41) is 3.32. The van der Waals surface area contributed by atoms with E-state index >= 15 is 0 Å². The van der Waals surface area contributed by atoms with E-state index in [-0.39, 0.29) is 12.4 Å². The molecule has 0 aliphatic carbocycles. The van der Waals surface area contributed by atoms with Gasteiger partial charge in [-0.2, -0.15) is 0 Å². The van der Waals surface area contributed by atoms with Crippen LogP contribution in [0.2, 0.25) is 0 Å². The van der Waals surface area contributed by atoms with Crippen LogP contribution in [0.3, 0.4) is 0 Å². The van der Waals surface area contributed by atoms with Crippen LogP contribution in [0.15, 0.2) is 29.4 Å². The lowest BCUT2D eigenvalue weighted by molar-refractivity contribution is 0.411. The number of benzene rings is 1. The summed E-state index contributed by atoms with van der Waals surface area (Å²) in [6.45, 7) is 0.245. The average Bonchev–Trinajstić information content (AvgIpc) is 2.23. The number of ether oxygens (including phenoxy) is 1. The van der Waals surface area contributed by atoms with E-state index in [9.17, 15) is 4.39 Å². The first-order valence-electron chi connectivity index (χ1n) is 4.28. The van der Waals surface area contributed by atoms with Gasteiger partial charge in [0, 0.05) is 17.5 Å². The lowest BCUT2D eigenvalue weighted by Gasteiger charge is -2.01. The van der Waals surface area contributed by atoms with Gasteiger partial charge in [0.15, 0.2) is 0 Å². The number of nitrogens with zero attached hydrogens (tertiary/aromatic N) is 3. The van der Waals surface area contributed by atoms with Crippen LogP contribution < -0.4 is 4.74 Å². The van der Waals surface area contributed by atoms with Gasteiger partial charge in [-0.1, -0.05) is 17.3 Å². The van der Waals surface area contributed by atoms with Crippen molar-refractivity contribution >= 4 is 6.08 Å². The molecule has 1 aromatic rings. The summed E-state index contributed by atoms with van der Waals surface area (Å²) in [7, 11) is 1.47. The predicted octanol–water partition coefficient (Wildman–Crippen LogP) is 3.16. The van der Waals surface area contributed by atoms with Crippen LogP contribution in [0.4, 0.5) is 4.39 Å². The van der Waals surface area contributed by atoms with Gasteiger partial charge in [-0.25, -0.2) is 4.39 Å². The fourth-order valence-corrected chi connectivity index (χ4v) is 1.07. The fourth-order valence-electron chi connectivity index (χ4n) is 1.07. The molecular formula is C10H10FN3O. The largest absolute Gasteiger partial charge is 0.497 e. The Bertz CT molecular complexity index is 411. The van der Waals surface area contributed by atoms with Crippen LogP contribution in [0.1, 0.15) is 5.56 Å². The molecular weight excluding hydrogens is 197 g/mol. The minimum atomic E-state index is -0.363. The zero-order chi connectivity index (χ0) is 11.1. The summed E-state index contributed by atoms with van der Waals surface area (Å²) in [5.41, 5.74) is 8.70. The zero-order valence-corrected chi connectivity index (χ0v) is 8.22. The van der Waals surface area contributed by atoms with Gasteiger partial charge in [-0.15, -0.1) is 0 Å². The van der Waals surface area contributed by atoms with Gasteiger partial charge >= 0.3 is 0 Å². The minimum Gasteiger partial charge on any atom is -0.497 e. The molecule has 5 heteroatoms. The second-order valence-corrected chi connectivity index (χ2v) is 2.74. The third-order valence-electron chi connectivity index (χ3n) is 1.69. The molecule has 0 N–H and O–H groups in total. The quantitative estimate of drug-likeness (QED) is 0.425. The van der Waals surface area contributed by atoms with Crippen molar-refractivity contribution in [2.24, 2.45) is 5.11 Å². The molecule has 0 fully saturated rings. The Kier molecular flexibility index (Phi) is 4.19. The van der Waals surface area contributed by atoms with Gasteiger partial charge in [-0.05, 0) is 23.2 Å². The van der Waals surface area contributed by atoms with E-state index in [0.29, 0.717) is 11.3 Å². The molecule has 0 saturated heterocycles. The maximum absolute atomic E-state index is 13.0. The summed E-state index contributed by atoms with van der Waals surface area (Å²) in [6.07, 6.45) is 3.31. The van der Waals surface area contributed by atoms with Crippen molar-refractivity contribution in [2.75, 3.05) is 13.7 Å². The topological polar surface area (TPSA) is 58.0 Å². The molecule has 0 spiro atoms. The molecule has 1 rings (SSSR count). The van der Waals surface area contributed by atoms with Crippen LogP contribution >= 0.6 is 0 Å². The Morgan fingerprint density at radius 2 is 2.33 bits per heavy atom. The molecule has 0 saturated carbocycles. The highest BCUT2D eigenvalue weighted by Gasteiger charge is 1.97. The summed E-state index contributed by atoms with van der Waals surface area (Å²) >= 11 is 0. The standard InChI is InChI=1S/C10H10FN3O/c1-15-10-6-8(5-9(11)7-10)3-2-4-13-14-12/h2-3,5-7H,4H2,1H3. The molecule has 1 aromatic carbocycles. The lowest BCUT2D eigenvalue weighted by Crippen LogP contribution is -1.85. The van der Waals surface area contributed by atoms with Crippen molar-refractivity contribution < 1.29 is 9.13 Å². The molecule has 78 valence electrons. The van der Waals surface area contributed by atoms with Crippen LogP contribution in [-0.2, 0) is 0 Å². The Labute approximate surface area is 86.6 Å². The smallest absolute Gasteiger partial charge is 0.127 e. The van der Waals surface area contributed by atoms with Gasteiger partial charge in [0.05, 0.1) is 7.11 Å². The molecule has 4 nitrogen and oxygen atoms in total. The van der Waals surface area contributed by atoms with Crippen molar-refractivity contribution in [3.8, 4) is 5.75 Å². The molecule has 0 aromatic heterocycles. The normalized spacial score (nSPS) is 10.0. The van der Waals surface area contributed by atoms with E-state index in [2.05, 4.69) is 10.0 Å². The molecule has 0 aliphatic heterocycles. The molecule has 0 aliphatic rings. The Hall–Kier alpha value is -2.00. The third kappa shape index (κ3) is 3.70. The molecule has 0 unspecified atom stereocenters. The number of rotatable bonds is 4. The number of halogens is 1. The fraction of sp³-hybridized carbons (Fsp3) is 0.200. The van der Waals surface area contributed by atoms with Crippen LogP contribution in [0.5, 0.6) is 5.75 Å². The SMILES string of the molecule is COc1cc(F)cc(C=CCN=[N+]=[N-])c1. The van der Waals surface area contributed by atoms with E-state index in [1.807, 2.05) is 0 Å². The summed E-state index contributed by atoms with van der Waals surface area (Å²) in [6, 6.07) is 4.36. The van der Waals surface area contributed by atoms with Gasteiger partial charge in [0.2, 0.25) is 0 Å². The third-order valence-corrected chi connectivity index (χ3v) is 1.69. The summed E-state index contributed by atoms with van der Waals surface area (Å²) in [5.74, 6) is 0.0937. The monoisotopic (exact) mass is 207 g/mol. The van der Waals surface area contributed by atoms with Gasteiger partial charge in [-0.3, -0.25) is 0 Å². The first kappa shape index (κ1) is 11.1. The van der Waals surface area contributed by atoms with Crippen molar-refractivity contribution in [2.45, 2.75) is 0 Å². The highest BCUT2D eigenvalue weighted by molar-refractivity contribution is 5.52. The average molecular weight is 207 g/mol. The highest BCUT2D eigenvalue weighted by atomic mass is 19.1. The molecule has 15 heavy (non-hydrogen) atoms. The molecule has 0 radical (unpaired) electrons. The van der Waals surface area contributed by atoms with Crippen LogP contribution in [-0.4, -0.2) is 13.7 Å². The Morgan fingerprint density at radius 3 is 3.00 bits per heavy atom. The highest BCUT2D eigenvalue weighted by Crippen LogP contribution is 2.16. The first-order valence-corrected chi connectivity index (χ1v) is 4.28. The number of azide groups is 1. The Morgan fingerprint density at radius 1 is 1.53 bits per heavy atom. The van der Waals surface area contributed by atoms with E-state index < -0.39 is 0 Å². The van der Waals surface area contributed by atoms with Crippen LogP contribution in [0, 0.1) is 5.82 Å². The van der Waals surface area contributed by atoms with Crippen molar-refractivity contribution in [1.82, 2.24) is 0 Å². The van der Waals surface area contributed by atoms with E-state index in [1.165, 1.54) is 19.2 Å². The van der Waals surface area contributed by atoms with E-state index in [0.717, 1.165) is 0 Å². The van der Waals surface area contributed by atoms with Crippen molar-refractivity contribution in [3.05, 3.63) is 46.1 Å². The van der Waals surface area contributed by atoms with Crippen molar-refractivity contribution in [3.63, 3.8) is 0 Å². The minimum absolute atomic E-state index is 0.245. The molecule has 0 amide bonds. The number of methoxy groups -OCH3 is 1.